The SMILES string of the molecule is C[C@@](N)(CO)C(=O)N1CC(Oc2ccc3c(c2C(=O)O)OB(O)CC3)C1. The molecule has 1 aromatic rings. The quantitative estimate of drug-likeness (QED) is 0.493. The number of hydrogen-bond donors (Lipinski definition) is 4. The fraction of sp³-hybridized carbons (Fsp3) is 0.500. The predicted molar refractivity (Wildman–Crippen MR) is 91.2 cm³/mol. The Balaban J connectivity index is 1.73. The number of rotatable bonds is 5. The molecule has 2 aliphatic heterocycles. The Bertz CT molecular complexity index is 734. The standard InChI is InChI=1S/C16H21BN2O7/c1-16(18,8-20)15(23)19-6-10(7-19)25-11-3-2-9-4-5-17(24)26-13(9)12(11)14(21)22/h2-3,10,20,24H,4-8,18H2,1H3,(H,21,22)/t16-/m1/s1. The lowest BCUT2D eigenvalue weighted by atomic mass is 9.78. The summed E-state index contributed by atoms with van der Waals surface area (Å²) >= 11 is 0. The number of nitrogens with zero attached hydrogens (tertiary/aromatic N) is 1. The average molecular weight is 364 g/mol. The number of benzene rings is 1. The molecule has 1 fully saturated rings. The summed E-state index contributed by atoms with van der Waals surface area (Å²) < 4.78 is 11.0. The first-order chi connectivity index (χ1) is 12.2. The third-order valence-corrected chi connectivity index (χ3v) is 4.58. The zero-order valence-electron chi connectivity index (χ0n) is 14.3. The topological polar surface area (TPSA) is 143 Å². The first-order valence-electron chi connectivity index (χ1n) is 8.32. The van der Waals surface area contributed by atoms with Crippen molar-refractivity contribution in [2.24, 2.45) is 5.73 Å². The van der Waals surface area contributed by atoms with E-state index in [1.54, 1.807) is 12.1 Å². The Hall–Kier alpha value is -2.30. The van der Waals surface area contributed by atoms with Crippen molar-refractivity contribution in [3.05, 3.63) is 23.3 Å². The second-order valence-electron chi connectivity index (χ2n) is 6.87. The van der Waals surface area contributed by atoms with Gasteiger partial charge in [-0.1, -0.05) is 6.07 Å². The number of fused-ring (bicyclic) bond motifs is 1. The van der Waals surface area contributed by atoms with Gasteiger partial charge in [0.2, 0.25) is 5.91 Å². The van der Waals surface area contributed by atoms with Crippen LogP contribution in [0, 0.1) is 0 Å². The van der Waals surface area contributed by atoms with Crippen LogP contribution in [-0.2, 0) is 11.2 Å². The number of aromatic carboxylic acids is 1. The second-order valence-corrected chi connectivity index (χ2v) is 6.87. The molecule has 1 amide bonds. The molecule has 1 saturated heterocycles. The molecule has 0 spiro atoms. The van der Waals surface area contributed by atoms with E-state index in [4.69, 9.17) is 20.2 Å². The van der Waals surface area contributed by atoms with Crippen LogP contribution in [0.15, 0.2) is 12.1 Å². The van der Waals surface area contributed by atoms with Gasteiger partial charge in [-0.25, -0.2) is 4.79 Å². The molecule has 1 atom stereocenters. The van der Waals surface area contributed by atoms with E-state index in [1.165, 1.54) is 11.8 Å². The molecule has 2 heterocycles. The van der Waals surface area contributed by atoms with Crippen LogP contribution in [0.1, 0.15) is 22.8 Å². The molecule has 1 aromatic carbocycles. The van der Waals surface area contributed by atoms with Gasteiger partial charge >= 0.3 is 13.1 Å². The third kappa shape index (κ3) is 3.35. The summed E-state index contributed by atoms with van der Waals surface area (Å²) in [6, 6.07) is 3.28. The van der Waals surface area contributed by atoms with Gasteiger partial charge in [0, 0.05) is 0 Å². The summed E-state index contributed by atoms with van der Waals surface area (Å²) in [5.41, 5.74) is 4.93. The minimum absolute atomic E-state index is 0.121. The lowest BCUT2D eigenvalue weighted by molar-refractivity contribution is -0.146. The second kappa shape index (κ2) is 6.78. The highest BCUT2D eigenvalue weighted by Crippen LogP contribution is 2.37. The van der Waals surface area contributed by atoms with Crippen molar-refractivity contribution in [1.82, 2.24) is 4.90 Å². The number of carbonyl (C=O) groups excluding carboxylic acids is 1. The van der Waals surface area contributed by atoms with Gasteiger partial charge in [0.1, 0.15) is 28.7 Å². The molecule has 3 rings (SSSR count). The Labute approximate surface area is 150 Å². The molecule has 0 aliphatic carbocycles. The largest absolute Gasteiger partial charge is 0.535 e. The minimum atomic E-state index is -1.35. The van der Waals surface area contributed by atoms with E-state index in [0.29, 0.717) is 18.3 Å². The molecular weight excluding hydrogens is 343 g/mol. The summed E-state index contributed by atoms with van der Waals surface area (Å²) in [6.45, 7) is 1.45. The van der Waals surface area contributed by atoms with Crippen molar-refractivity contribution in [3.63, 3.8) is 0 Å². The first kappa shape index (κ1) is 18.5. The van der Waals surface area contributed by atoms with E-state index < -0.39 is 37.2 Å². The molecule has 0 saturated carbocycles. The van der Waals surface area contributed by atoms with Gasteiger partial charge in [-0.2, -0.15) is 0 Å². The molecule has 9 nitrogen and oxygen atoms in total. The van der Waals surface area contributed by atoms with Crippen LogP contribution in [0.25, 0.3) is 0 Å². The van der Waals surface area contributed by atoms with Gasteiger partial charge in [-0.05, 0) is 31.3 Å². The van der Waals surface area contributed by atoms with Crippen molar-refractivity contribution in [3.8, 4) is 11.5 Å². The van der Waals surface area contributed by atoms with Crippen molar-refractivity contribution in [2.45, 2.75) is 31.3 Å². The number of carboxylic acid groups (broad SMARTS) is 1. The highest BCUT2D eigenvalue weighted by Gasteiger charge is 2.40. The van der Waals surface area contributed by atoms with E-state index >= 15 is 0 Å². The molecule has 5 N–H and O–H groups in total. The van der Waals surface area contributed by atoms with Crippen LogP contribution in [-0.4, -0.2) is 70.5 Å². The van der Waals surface area contributed by atoms with E-state index in [0.717, 1.165) is 0 Å². The number of aliphatic hydroxyl groups is 1. The summed E-state index contributed by atoms with van der Waals surface area (Å²) in [4.78, 5) is 25.2. The van der Waals surface area contributed by atoms with Crippen LogP contribution in [0.3, 0.4) is 0 Å². The predicted octanol–water partition coefficient (Wildman–Crippen LogP) is -0.900. The van der Waals surface area contributed by atoms with Gasteiger partial charge in [0.25, 0.3) is 0 Å². The Morgan fingerprint density at radius 2 is 2.15 bits per heavy atom. The Morgan fingerprint density at radius 3 is 2.77 bits per heavy atom. The lowest BCUT2D eigenvalue weighted by Crippen LogP contribution is -2.64. The van der Waals surface area contributed by atoms with Gasteiger partial charge in [-0.3, -0.25) is 4.79 Å². The maximum Gasteiger partial charge on any atom is 0.522 e. The molecule has 10 heteroatoms. The van der Waals surface area contributed by atoms with Crippen LogP contribution in [0.4, 0.5) is 0 Å². The van der Waals surface area contributed by atoms with Crippen molar-refractivity contribution in [1.29, 1.82) is 0 Å². The van der Waals surface area contributed by atoms with Crippen molar-refractivity contribution in [2.75, 3.05) is 19.7 Å². The molecule has 0 radical (unpaired) electrons. The molecule has 0 bridgehead atoms. The molecular formula is C16H21BN2O7. The number of aliphatic hydroxyl groups excluding tert-OH is 1. The Morgan fingerprint density at radius 1 is 1.46 bits per heavy atom. The number of aryl methyl sites for hydroxylation is 1. The highest BCUT2D eigenvalue weighted by molar-refractivity contribution is 6.44. The third-order valence-electron chi connectivity index (χ3n) is 4.58. The maximum atomic E-state index is 12.1. The normalized spacial score (nSPS) is 19.1. The number of likely N-dealkylation sites (tertiary alicyclic amines) is 1. The molecule has 26 heavy (non-hydrogen) atoms. The molecule has 0 unspecified atom stereocenters. The smallest absolute Gasteiger partial charge is 0.522 e. The number of hydrogen-bond acceptors (Lipinski definition) is 7. The minimum Gasteiger partial charge on any atom is -0.535 e. The summed E-state index contributed by atoms with van der Waals surface area (Å²) in [5, 5.41) is 28.4. The summed E-state index contributed by atoms with van der Waals surface area (Å²) in [7, 11) is -1.05. The monoisotopic (exact) mass is 364 g/mol. The molecule has 2 aliphatic rings. The number of carboxylic acids is 1. The van der Waals surface area contributed by atoms with E-state index in [9.17, 15) is 19.7 Å². The lowest BCUT2D eigenvalue weighted by Gasteiger charge is -2.42. The molecule has 0 aromatic heterocycles. The van der Waals surface area contributed by atoms with Gasteiger partial charge in [0.15, 0.2) is 0 Å². The zero-order chi connectivity index (χ0) is 19.1. The first-order valence-corrected chi connectivity index (χ1v) is 8.32. The number of ether oxygens (including phenoxy) is 1. The number of carbonyl (C=O) groups is 2. The van der Waals surface area contributed by atoms with E-state index in [2.05, 4.69) is 0 Å². The van der Waals surface area contributed by atoms with Crippen molar-refractivity contribution < 1.29 is 34.2 Å². The van der Waals surface area contributed by atoms with Gasteiger partial charge in [-0.15, -0.1) is 0 Å². The van der Waals surface area contributed by atoms with E-state index in [-0.39, 0.29) is 30.2 Å². The van der Waals surface area contributed by atoms with Crippen LogP contribution >= 0.6 is 0 Å². The van der Waals surface area contributed by atoms with Crippen molar-refractivity contribution >= 4 is 19.0 Å². The average Bonchev–Trinajstić information content (AvgIpc) is 2.56. The van der Waals surface area contributed by atoms with Crippen LogP contribution in [0.5, 0.6) is 11.5 Å². The zero-order valence-corrected chi connectivity index (χ0v) is 14.3. The Kier molecular flexibility index (Phi) is 4.83. The van der Waals surface area contributed by atoms with Crippen LogP contribution < -0.4 is 15.1 Å². The summed E-state index contributed by atoms with van der Waals surface area (Å²) in [5.74, 6) is -1.36. The number of nitrogens with two attached hydrogens (primary N) is 1. The van der Waals surface area contributed by atoms with E-state index in [1.807, 2.05) is 0 Å². The van der Waals surface area contributed by atoms with Gasteiger partial charge in [0.05, 0.1) is 19.7 Å². The number of amides is 1. The fourth-order valence-corrected chi connectivity index (χ4v) is 3.00. The fourth-order valence-electron chi connectivity index (χ4n) is 3.00. The summed E-state index contributed by atoms with van der Waals surface area (Å²) in [6.07, 6.45) is 0.520. The maximum absolute atomic E-state index is 12.1. The molecule has 140 valence electrons. The van der Waals surface area contributed by atoms with Crippen LogP contribution in [0.2, 0.25) is 6.32 Å². The van der Waals surface area contributed by atoms with Gasteiger partial charge < -0.3 is 35.3 Å². The highest BCUT2D eigenvalue weighted by atomic mass is 16.5.